The molecule has 1 aliphatic rings. The zero-order valence-corrected chi connectivity index (χ0v) is 24.0. The maximum absolute atomic E-state index is 14.2. The molecule has 1 amide bonds. The number of aliphatic carboxylic acids is 1. The van der Waals surface area contributed by atoms with Gasteiger partial charge in [-0.15, -0.1) is 0 Å². The summed E-state index contributed by atoms with van der Waals surface area (Å²) in [6.45, 7) is 6.93. The second-order valence-electron chi connectivity index (χ2n) is 10.5. The Bertz CT molecular complexity index is 1230. The molecule has 2 aromatic carbocycles. The lowest BCUT2D eigenvalue weighted by atomic mass is 9.67. The molecule has 6 nitrogen and oxygen atoms in total. The molecule has 0 aliphatic carbocycles. The highest BCUT2D eigenvalue weighted by molar-refractivity contribution is 7.91. The van der Waals surface area contributed by atoms with Crippen molar-refractivity contribution in [2.45, 2.75) is 76.6 Å². The van der Waals surface area contributed by atoms with E-state index in [1.807, 2.05) is 37.3 Å². The number of carboxylic acids is 1. The van der Waals surface area contributed by atoms with Crippen LogP contribution in [0.1, 0.15) is 76.5 Å². The van der Waals surface area contributed by atoms with E-state index >= 15 is 0 Å². The van der Waals surface area contributed by atoms with Crippen LogP contribution in [0.2, 0.25) is 10.0 Å². The van der Waals surface area contributed by atoms with Crippen molar-refractivity contribution in [3.63, 3.8) is 0 Å². The predicted molar refractivity (Wildman–Crippen MR) is 148 cm³/mol. The van der Waals surface area contributed by atoms with E-state index in [1.54, 1.807) is 43.9 Å². The van der Waals surface area contributed by atoms with Gasteiger partial charge in [0.2, 0.25) is 5.91 Å². The van der Waals surface area contributed by atoms with E-state index in [-0.39, 0.29) is 30.4 Å². The van der Waals surface area contributed by atoms with Gasteiger partial charge in [-0.2, -0.15) is 0 Å². The highest BCUT2D eigenvalue weighted by Crippen LogP contribution is 2.52. The molecular weight excluding hydrogens is 533 g/mol. The summed E-state index contributed by atoms with van der Waals surface area (Å²) in [6.07, 6.45) is 0.767. The van der Waals surface area contributed by atoms with Crippen molar-refractivity contribution >= 4 is 44.9 Å². The number of carboxylic acid groups (broad SMARTS) is 1. The molecule has 37 heavy (non-hydrogen) atoms. The van der Waals surface area contributed by atoms with Crippen LogP contribution in [0.4, 0.5) is 0 Å². The fourth-order valence-electron chi connectivity index (χ4n) is 5.36. The Hall–Kier alpha value is -2.09. The van der Waals surface area contributed by atoms with E-state index in [2.05, 4.69) is 0 Å². The van der Waals surface area contributed by atoms with Gasteiger partial charge >= 0.3 is 5.97 Å². The van der Waals surface area contributed by atoms with Gasteiger partial charge in [0.15, 0.2) is 9.84 Å². The number of hydrogen-bond donors (Lipinski definition) is 1. The van der Waals surface area contributed by atoms with Crippen molar-refractivity contribution < 1.29 is 23.1 Å². The van der Waals surface area contributed by atoms with Gasteiger partial charge in [-0.3, -0.25) is 9.59 Å². The molecule has 2 aromatic rings. The maximum Gasteiger partial charge on any atom is 0.304 e. The molecule has 0 aromatic heterocycles. The SMILES string of the molecule is CCC(CCS(=O)(=O)C(C)C)N1C(=O)C(C)(CC(=O)O)CC(c2cccc(Cl)c2)C1c1ccc(Cl)cc1. The summed E-state index contributed by atoms with van der Waals surface area (Å²) in [7, 11) is -3.33. The summed E-state index contributed by atoms with van der Waals surface area (Å²) in [6, 6.07) is 13.9. The smallest absolute Gasteiger partial charge is 0.304 e. The zero-order chi connectivity index (χ0) is 27.5. The average Bonchev–Trinajstić information content (AvgIpc) is 2.82. The van der Waals surface area contributed by atoms with Crippen molar-refractivity contribution in [2.75, 3.05) is 5.75 Å². The standard InChI is InChI=1S/C28H35Cl2NO5S/c1-5-23(13-14-37(35,36)18(2)3)31-26(19-9-11-21(29)12-10-19)24(20-7-6-8-22(30)15-20)16-28(4,27(31)34)17-25(32)33/h6-12,15,18,23-24,26H,5,13-14,16-17H2,1-4H3,(H,32,33). The van der Waals surface area contributed by atoms with Crippen molar-refractivity contribution in [3.8, 4) is 0 Å². The summed E-state index contributed by atoms with van der Waals surface area (Å²) in [5.74, 6) is -1.65. The summed E-state index contributed by atoms with van der Waals surface area (Å²) < 4.78 is 25.4. The largest absolute Gasteiger partial charge is 0.481 e. The number of carbonyl (C=O) groups excluding carboxylic acids is 1. The van der Waals surface area contributed by atoms with Crippen LogP contribution in [0.5, 0.6) is 0 Å². The third kappa shape index (κ3) is 6.68. The maximum atomic E-state index is 14.2. The van der Waals surface area contributed by atoms with Crippen LogP contribution < -0.4 is 0 Å². The number of piperidine rings is 1. The highest BCUT2D eigenvalue weighted by Gasteiger charge is 2.52. The van der Waals surface area contributed by atoms with E-state index in [0.29, 0.717) is 22.9 Å². The molecule has 9 heteroatoms. The number of benzene rings is 2. The Morgan fingerprint density at radius 3 is 2.30 bits per heavy atom. The van der Waals surface area contributed by atoms with Gasteiger partial charge in [0.25, 0.3) is 0 Å². The number of nitrogens with zero attached hydrogens (tertiary/aromatic N) is 1. The van der Waals surface area contributed by atoms with Gasteiger partial charge in [0.05, 0.1) is 28.9 Å². The summed E-state index contributed by atoms with van der Waals surface area (Å²) in [5, 5.41) is 10.3. The summed E-state index contributed by atoms with van der Waals surface area (Å²) in [4.78, 5) is 27.9. The van der Waals surface area contributed by atoms with Gasteiger partial charge in [0.1, 0.15) is 0 Å². The summed E-state index contributed by atoms with van der Waals surface area (Å²) >= 11 is 12.5. The zero-order valence-electron chi connectivity index (χ0n) is 21.7. The first-order valence-corrected chi connectivity index (χ1v) is 15.0. The minimum Gasteiger partial charge on any atom is -0.481 e. The lowest BCUT2D eigenvalue weighted by molar-refractivity contribution is -0.160. The van der Waals surface area contributed by atoms with Crippen LogP contribution in [0.25, 0.3) is 0 Å². The minimum atomic E-state index is -3.33. The fourth-order valence-corrected chi connectivity index (χ4v) is 6.75. The lowest BCUT2D eigenvalue weighted by Crippen LogP contribution is -2.56. The van der Waals surface area contributed by atoms with Crippen LogP contribution in [-0.4, -0.2) is 47.3 Å². The van der Waals surface area contributed by atoms with Crippen molar-refractivity contribution in [2.24, 2.45) is 5.41 Å². The Morgan fingerprint density at radius 1 is 1.11 bits per heavy atom. The molecule has 1 saturated heterocycles. The third-order valence-corrected chi connectivity index (χ3v) is 10.2. The van der Waals surface area contributed by atoms with Crippen LogP contribution in [0.3, 0.4) is 0 Å². The molecule has 1 heterocycles. The molecule has 4 unspecified atom stereocenters. The quantitative estimate of drug-likeness (QED) is 0.352. The molecule has 4 atom stereocenters. The van der Waals surface area contributed by atoms with E-state index < -0.39 is 38.6 Å². The highest BCUT2D eigenvalue weighted by atomic mass is 35.5. The topological polar surface area (TPSA) is 91.8 Å². The van der Waals surface area contributed by atoms with Crippen LogP contribution in [0, 0.1) is 5.41 Å². The van der Waals surface area contributed by atoms with Gasteiger partial charge < -0.3 is 10.0 Å². The molecule has 0 radical (unpaired) electrons. The number of rotatable bonds is 10. The monoisotopic (exact) mass is 567 g/mol. The van der Waals surface area contributed by atoms with Crippen LogP contribution in [-0.2, 0) is 19.4 Å². The first kappa shape index (κ1) is 29.5. The molecule has 1 fully saturated rings. The van der Waals surface area contributed by atoms with Gasteiger partial charge in [-0.05, 0) is 68.5 Å². The van der Waals surface area contributed by atoms with E-state index in [4.69, 9.17) is 23.2 Å². The van der Waals surface area contributed by atoms with Gasteiger partial charge in [-0.1, -0.05) is 61.3 Å². The number of hydrogen-bond acceptors (Lipinski definition) is 4. The predicted octanol–water partition coefficient (Wildman–Crippen LogP) is 6.52. The van der Waals surface area contributed by atoms with Crippen LogP contribution >= 0.6 is 23.2 Å². The number of halogens is 2. The van der Waals surface area contributed by atoms with E-state index in [9.17, 15) is 23.1 Å². The van der Waals surface area contributed by atoms with Crippen molar-refractivity contribution in [1.29, 1.82) is 0 Å². The van der Waals surface area contributed by atoms with Crippen molar-refractivity contribution in [3.05, 3.63) is 69.7 Å². The molecule has 1 aliphatic heterocycles. The Morgan fingerprint density at radius 2 is 1.76 bits per heavy atom. The molecule has 202 valence electrons. The normalized spacial score (nSPS) is 23.3. The van der Waals surface area contributed by atoms with Crippen LogP contribution in [0.15, 0.2) is 48.5 Å². The second-order valence-corrected chi connectivity index (χ2v) is 14.0. The molecule has 0 spiro atoms. The number of sulfone groups is 1. The third-order valence-electron chi connectivity index (χ3n) is 7.45. The summed E-state index contributed by atoms with van der Waals surface area (Å²) in [5.41, 5.74) is 0.572. The number of likely N-dealkylation sites (tertiary alicyclic amines) is 1. The molecule has 1 N–H and O–H groups in total. The molecule has 3 rings (SSSR count). The Labute approximate surface area is 229 Å². The molecule has 0 bridgehead atoms. The Balaban J connectivity index is 2.20. The second kappa shape index (κ2) is 11.7. The fraction of sp³-hybridized carbons (Fsp3) is 0.500. The van der Waals surface area contributed by atoms with E-state index in [1.165, 1.54) is 0 Å². The van der Waals surface area contributed by atoms with E-state index in [0.717, 1.165) is 11.1 Å². The molecule has 0 saturated carbocycles. The number of amides is 1. The van der Waals surface area contributed by atoms with Gasteiger partial charge in [-0.25, -0.2) is 8.42 Å². The van der Waals surface area contributed by atoms with Gasteiger partial charge in [0, 0.05) is 22.0 Å². The first-order chi connectivity index (χ1) is 17.3. The Kier molecular flexibility index (Phi) is 9.36. The number of carbonyl (C=O) groups is 2. The lowest BCUT2D eigenvalue weighted by Gasteiger charge is -2.52. The minimum absolute atomic E-state index is 0.0578. The van der Waals surface area contributed by atoms with Crippen molar-refractivity contribution in [1.82, 2.24) is 4.90 Å². The average molecular weight is 569 g/mol. The first-order valence-electron chi connectivity index (χ1n) is 12.6. The molecular formula is C28H35Cl2NO5S.